The Kier molecular flexibility index (Phi) is 6.53. The van der Waals surface area contributed by atoms with Crippen LogP contribution in [0.25, 0.3) is 0 Å². The average Bonchev–Trinajstić information content (AvgIpc) is 2.74. The highest BCUT2D eigenvalue weighted by molar-refractivity contribution is 6.02. The molecule has 31 heavy (non-hydrogen) atoms. The zero-order chi connectivity index (χ0) is 21.8. The summed E-state index contributed by atoms with van der Waals surface area (Å²) < 4.78 is 11.3. The van der Waals surface area contributed by atoms with Gasteiger partial charge in [-0.2, -0.15) is 0 Å². The van der Waals surface area contributed by atoms with Crippen LogP contribution in [0, 0.1) is 0 Å². The van der Waals surface area contributed by atoms with E-state index in [-0.39, 0.29) is 37.2 Å². The van der Waals surface area contributed by atoms with Gasteiger partial charge in [-0.3, -0.25) is 19.4 Å². The number of benzene rings is 2. The van der Waals surface area contributed by atoms with E-state index in [0.717, 1.165) is 25.2 Å². The van der Waals surface area contributed by atoms with E-state index in [1.807, 2.05) is 30.3 Å². The maximum Gasteiger partial charge on any atom is 0.265 e. The molecule has 2 aromatic rings. The lowest BCUT2D eigenvalue weighted by Crippen LogP contribution is -2.45. The van der Waals surface area contributed by atoms with Crippen LogP contribution in [0.15, 0.2) is 48.5 Å². The molecule has 7 heteroatoms. The third-order valence-electron chi connectivity index (χ3n) is 5.59. The summed E-state index contributed by atoms with van der Waals surface area (Å²) in [4.78, 5) is 28.8. The van der Waals surface area contributed by atoms with Crippen LogP contribution in [-0.4, -0.2) is 55.2 Å². The minimum absolute atomic E-state index is 0.0279. The first kappa shape index (κ1) is 21.3. The molecule has 164 valence electrons. The molecule has 0 radical (unpaired) electrons. The van der Waals surface area contributed by atoms with E-state index in [1.54, 1.807) is 12.1 Å². The maximum atomic E-state index is 12.7. The number of amides is 2. The van der Waals surface area contributed by atoms with E-state index in [2.05, 4.69) is 30.1 Å². The number of anilines is 1. The first-order valence-corrected chi connectivity index (χ1v) is 10.7. The fourth-order valence-electron chi connectivity index (χ4n) is 4.26. The Morgan fingerprint density at radius 1 is 1.03 bits per heavy atom. The number of hydrogen-bond acceptors (Lipinski definition) is 5. The number of fused-ring (bicyclic) bond motifs is 1. The lowest BCUT2D eigenvalue weighted by Gasteiger charge is -2.35. The van der Waals surface area contributed by atoms with Gasteiger partial charge >= 0.3 is 0 Å². The number of carbonyl (C=O) groups excluding carboxylic acids is 2. The number of para-hydroxylation sites is 2. The van der Waals surface area contributed by atoms with Gasteiger partial charge in [0.25, 0.3) is 5.91 Å². The quantitative estimate of drug-likeness (QED) is 0.772. The first-order chi connectivity index (χ1) is 15.0. The second kappa shape index (κ2) is 9.49. The van der Waals surface area contributed by atoms with Gasteiger partial charge in [-0.15, -0.1) is 0 Å². The molecule has 2 amide bonds. The van der Waals surface area contributed by atoms with Crippen LogP contribution in [0.5, 0.6) is 5.75 Å². The third-order valence-corrected chi connectivity index (χ3v) is 5.59. The third kappa shape index (κ3) is 5.24. The molecule has 4 rings (SSSR count). The fourth-order valence-corrected chi connectivity index (χ4v) is 4.26. The molecule has 7 nitrogen and oxygen atoms in total. The molecule has 1 N–H and O–H groups in total. The Balaban J connectivity index is 1.38. The van der Waals surface area contributed by atoms with Crippen LogP contribution in [0.4, 0.5) is 5.69 Å². The van der Waals surface area contributed by atoms with Gasteiger partial charge in [0.2, 0.25) is 5.91 Å². The zero-order valence-corrected chi connectivity index (χ0v) is 18.0. The molecule has 0 aromatic heterocycles. The summed E-state index contributed by atoms with van der Waals surface area (Å²) in [6.07, 6.45) is 0.425. The Labute approximate surface area is 182 Å². The zero-order valence-electron chi connectivity index (χ0n) is 18.0. The number of hydrogen-bond donors (Lipinski definition) is 1. The number of nitrogens with one attached hydrogen (secondary N) is 1. The molecule has 2 aliphatic rings. The summed E-state index contributed by atoms with van der Waals surface area (Å²) in [5.74, 6) is 0.201. The molecule has 2 aliphatic heterocycles. The number of morpholine rings is 1. The van der Waals surface area contributed by atoms with Crippen molar-refractivity contribution in [3.05, 3.63) is 59.7 Å². The van der Waals surface area contributed by atoms with Gasteiger partial charge in [-0.25, -0.2) is 0 Å². The maximum absolute atomic E-state index is 12.7. The topological polar surface area (TPSA) is 71.1 Å². The van der Waals surface area contributed by atoms with Gasteiger partial charge in [0.1, 0.15) is 12.3 Å². The number of nitrogens with zero attached hydrogens (tertiary/aromatic N) is 2. The molecule has 0 saturated carbocycles. The SMILES string of the molecule is CC1CN(Cc2ccccc2CNC(=O)CN2C(=O)COc3ccccc32)CC(C)O1. The smallest absolute Gasteiger partial charge is 0.265 e. The van der Waals surface area contributed by atoms with Gasteiger partial charge < -0.3 is 14.8 Å². The normalized spacial score (nSPS) is 21.4. The second-order valence-corrected chi connectivity index (χ2v) is 8.23. The molecule has 0 bridgehead atoms. The predicted octanol–water partition coefficient (Wildman–Crippen LogP) is 2.34. The molecule has 0 aliphatic carbocycles. The lowest BCUT2D eigenvalue weighted by atomic mass is 10.1. The average molecular weight is 424 g/mol. The van der Waals surface area contributed by atoms with Crippen LogP contribution >= 0.6 is 0 Å². The van der Waals surface area contributed by atoms with Gasteiger partial charge in [-0.1, -0.05) is 36.4 Å². The van der Waals surface area contributed by atoms with Crippen LogP contribution in [-0.2, 0) is 27.4 Å². The van der Waals surface area contributed by atoms with E-state index >= 15 is 0 Å². The molecule has 1 saturated heterocycles. The summed E-state index contributed by atoms with van der Waals surface area (Å²) in [5.41, 5.74) is 2.90. The van der Waals surface area contributed by atoms with Crippen molar-refractivity contribution in [2.75, 3.05) is 31.1 Å². The van der Waals surface area contributed by atoms with Crippen molar-refractivity contribution < 1.29 is 19.1 Å². The molecule has 2 unspecified atom stereocenters. The molecule has 2 atom stereocenters. The Morgan fingerprint density at radius 2 is 1.71 bits per heavy atom. The lowest BCUT2D eigenvalue weighted by molar-refractivity contribution is -0.125. The van der Waals surface area contributed by atoms with Crippen molar-refractivity contribution in [1.29, 1.82) is 0 Å². The first-order valence-electron chi connectivity index (χ1n) is 10.7. The fraction of sp³-hybridized carbons (Fsp3) is 0.417. The van der Waals surface area contributed by atoms with Gasteiger partial charge in [0, 0.05) is 26.2 Å². The standard InChI is InChI=1S/C24H29N3O4/c1-17-12-26(13-18(2)31-17)14-20-8-4-3-7-19(20)11-25-23(28)15-27-21-9-5-6-10-22(21)30-16-24(27)29/h3-10,17-18H,11-16H2,1-2H3,(H,25,28). The highest BCUT2D eigenvalue weighted by Gasteiger charge is 2.27. The molecule has 0 spiro atoms. The van der Waals surface area contributed by atoms with Crippen LogP contribution in [0.2, 0.25) is 0 Å². The van der Waals surface area contributed by atoms with Gasteiger partial charge in [0.15, 0.2) is 6.61 Å². The van der Waals surface area contributed by atoms with Crippen molar-refractivity contribution in [1.82, 2.24) is 10.2 Å². The molecular formula is C24H29N3O4. The van der Waals surface area contributed by atoms with Crippen molar-refractivity contribution >= 4 is 17.5 Å². The van der Waals surface area contributed by atoms with E-state index in [0.29, 0.717) is 18.0 Å². The van der Waals surface area contributed by atoms with E-state index in [9.17, 15) is 9.59 Å². The Hall–Kier alpha value is -2.90. The van der Waals surface area contributed by atoms with Crippen LogP contribution < -0.4 is 15.0 Å². The minimum atomic E-state index is -0.218. The number of rotatable bonds is 6. The highest BCUT2D eigenvalue weighted by Crippen LogP contribution is 2.31. The number of carbonyl (C=O) groups is 2. The summed E-state index contributed by atoms with van der Waals surface area (Å²) in [5, 5.41) is 2.98. The van der Waals surface area contributed by atoms with Gasteiger partial charge in [-0.05, 0) is 37.1 Å². The second-order valence-electron chi connectivity index (χ2n) is 8.23. The van der Waals surface area contributed by atoms with Crippen LogP contribution in [0.1, 0.15) is 25.0 Å². The molecular weight excluding hydrogens is 394 g/mol. The molecule has 2 heterocycles. The van der Waals surface area contributed by atoms with E-state index < -0.39 is 0 Å². The molecule has 2 aromatic carbocycles. The van der Waals surface area contributed by atoms with E-state index in [1.165, 1.54) is 10.5 Å². The van der Waals surface area contributed by atoms with Crippen molar-refractivity contribution in [3.63, 3.8) is 0 Å². The summed E-state index contributed by atoms with van der Waals surface area (Å²) >= 11 is 0. The van der Waals surface area contributed by atoms with Gasteiger partial charge in [0.05, 0.1) is 17.9 Å². The van der Waals surface area contributed by atoms with Crippen LogP contribution in [0.3, 0.4) is 0 Å². The molecule has 1 fully saturated rings. The Morgan fingerprint density at radius 3 is 2.48 bits per heavy atom. The monoisotopic (exact) mass is 423 g/mol. The predicted molar refractivity (Wildman–Crippen MR) is 118 cm³/mol. The number of ether oxygens (including phenoxy) is 2. The van der Waals surface area contributed by atoms with Crippen molar-refractivity contribution in [2.45, 2.75) is 39.1 Å². The Bertz CT molecular complexity index is 938. The summed E-state index contributed by atoms with van der Waals surface area (Å²) in [6, 6.07) is 15.4. The van der Waals surface area contributed by atoms with E-state index in [4.69, 9.17) is 9.47 Å². The summed E-state index contributed by atoms with van der Waals surface area (Å²) in [6.45, 7) is 7.14. The van der Waals surface area contributed by atoms with Crippen molar-refractivity contribution in [2.24, 2.45) is 0 Å². The minimum Gasteiger partial charge on any atom is -0.482 e. The van der Waals surface area contributed by atoms with Crippen molar-refractivity contribution in [3.8, 4) is 5.75 Å². The summed E-state index contributed by atoms with van der Waals surface area (Å²) in [7, 11) is 0. The largest absolute Gasteiger partial charge is 0.482 e. The highest BCUT2D eigenvalue weighted by atomic mass is 16.5.